The highest BCUT2D eigenvalue weighted by Gasteiger charge is 2.14. The average Bonchev–Trinajstić information content (AvgIpc) is 2.89. The van der Waals surface area contributed by atoms with E-state index >= 15 is 0 Å². The molecule has 0 spiro atoms. The van der Waals surface area contributed by atoms with Gasteiger partial charge in [-0.1, -0.05) is 17.7 Å². The van der Waals surface area contributed by atoms with E-state index in [4.69, 9.17) is 22.1 Å². The summed E-state index contributed by atoms with van der Waals surface area (Å²) in [4.78, 5) is 3.91. The Morgan fingerprint density at radius 2 is 2.10 bits per heavy atom. The number of aromatic nitrogens is 2. The summed E-state index contributed by atoms with van der Waals surface area (Å²) < 4.78 is 1.55. The lowest BCUT2D eigenvalue weighted by molar-refractivity contribution is 0.652. The molecule has 1 heterocycles. The number of hydrogen-bond donors (Lipinski definition) is 1. The minimum atomic E-state index is 0.108. The fourth-order valence-corrected chi connectivity index (χ4v) is 2.24. The number of hydrogen-bond acceptors (Lipinski definition) is 4. The summed E-state index contributed by atoms with van der Waals surface area (Å²) >= 11 is 6.27. The van der Waals surface area contributed by atoms with Crippen molar-refractivity contribution in [1.82, 2.24) is 14.9 Å². The summed E-state index contributed by atoms with van der Waals surface area (Å²) in [5.74, 6) is 0. The Hall–Kier alpha value is -2.34. The molecule has 100 valence electrons. The largest absolute Gasteiger partial charge is 0.313 e. The van der Waals surface area contributed by atoms with Crippen LogP contribution in [0.1, 0.15) is 29.9 Å². The molecule has 2 rings (SSSR count). The molecule has 0 aliphatic rings. The number of benzene rings is 1. The predicted octanol–water partition coefficient (Wildman–Crippen LogP) is 2.55. The van der Waals surface area contributed by atoms with Gasteiger partial charge in [0, 0.05) is 16.8 Å². The van der Waals surface area contributed by atoms with Crippen molar-refractivity contribution < 1.29 is 0 Å². The van der Waals surface area contributed by atoms with Crippen LogP contribution in [0.15, 0.2) is 24.5 Å². The molecule has 1 N–H and O–H groups in total. The summed E-state index contributed by atoms with van der Waals surface area (Å²) in [7, 11) is 1.86. The lowest BCUT2D eigenvalue weighted by Crippen LogP contribution is -2.12. The summed E-state index contributed by atoms with van der Waals surface area (Å²) in [6.07, 6.45) is 1.45. The first-order valence-corrected chi connectivity index (χ1v) is 6.34. The summed E-state index contributed by atoms with van der Waals surface area (Å²) in [6, 6.07) is 9.50. The van der Waals surface area contributed by atoms with Gasteiger partial charge in [-0.3, -0.25) is 4.57 Å². The number of rotatable bonds is 3. The quantitative estimate of drug-likeness (QED) is 0.940. The topological polar surface area (TPSA) is 77.4 Å². The Labute approximate surface area is 122 Å². The van der Waals surface area contributed by atoms with Crippen LogP contribution in [-0.4, -0.2) is 16.6 Å². The molecule has 0 saturated heterocycles. The van der Waals surface area contributed by atoms with E-state index < -0.39 is 0 Å². The van der Waals surface area contributed by atoms with Crippen LogP contribution in [-0.2, 0) is 0 Å². The van der Waals surface area contributed by atoms with Gasteiger partial charge in [0.05, 0.1) is 0 Å². The zero-order valence-corrected chi connectivity index (χ0v) is 11.8. The van der Waals surface area contributed by atoms with Gasteiger partial charge in [-0.05, 0) is 31.7 Å². The molecule has 0 aliphatic heterocycles. The van der Waals surface area contributed by atoms with E-state index in [-0.39, 0.29) is 17.4 Å². The highest BCUT2D eigenvalue weighted by Crippen LogP contribution is 2.26. The fraction of sp³-hybridized carbons (Fsp3) is 0.214. The number of halogens is 1. The predicted molar refractivity (Wildman–Crippen MR) is 75.5 cm³/mol. The van der Waals surface area contributed by atoms with Crippen LogP contribution in [0.5, 0.6) is 0 Å². The summed E-state index contributed by atoms with van der Waals surface area (Å²) in [5, 5.41) is 21.7. The molecule has 0 bridgehead atoms. The second-order valence-corrected chi connectivity index (χ2v) is 4.66. The molecule has 1 aromatic carbocycles. The van der Waals surface area contributed by atoms with Gasteiger partial charge in [0.15, 0.2) is 11.4 Å². The van der Waals surface area contributed by atoms with Gasteiger partial charge in [0.25, 0.3) is 0 Å². The van der Waals surface area contributed by atoms with E-state index in [2.05, 4.69) is 10.3 Å². The highest BCUT2D eigenvalue weighted by molar-refractivity contribution is 6.31. The van der Waals surface area contributed by atoms with Crippen LogP contribution < -0.4 is 5.32 Å². The molecule has 1 aromatic heterocycles. The summed E-state index contributed by atoms with van der Waals surface area (Å²) in [6.45, 7) is 2.01. The lowest BCUT2D eigenvalue weighted by atomic mass is 10.1. The van der Waals surface area contributed by atoms with Gasteiger partial charge in [-0.25, -0.2) is 4.98 Å². The van der Waals surface area contributed by atoms with Crippen LogP contribution in [0, 0.1) is 22.7 Å². The number of nitrogens with zero attached hydrogens (tertiary/aromatic N) is 4. The van der Waals surface area contributed by atoms with Crippen molar-refractivity contribution in [1.29, 1.82) is 10.5 Å². The maximum absolute atomic E-state index is 9.13. The Kier molecular flexibility index (Phi) is 4.05. The molecule has 6 heteroatoms. The second-order valence-electron chi connectivity index (χ2n) is 4.25. The molecule has 0 fully saturated rings. The molecule has 5 nitrogen and oxygen atoms in total. The SMILES string of the molecule is CNC(C)c1ccc(-n2cnc(C#N)c2C#N)cc1Cl. The van der Waals surface area contributed by atoms with Gasteiger partial charge in [0.2, 0.25) is 0 Å². The second kappa shape index (κ2) is 5.75. The van der Waals surface area contributed by atoms with Crippen LogP contribution in [0.25, 0.3) is 5.69 Å². The first-order chi connectivity index (χ1) is 9.62. The van der Waals surface area contributed by atoms with E-state index in [1.54, 1.807) is 10.6 Å². The highest BCUT2D eigenvalue weighted by atomic mass is 35.5. The fourth-order valence-electron chi connectivity index (χ4n) is 1.91. The first kappa shape index (κ1) is 14.1. The molecule has 0 amide bonds. The number of nitriles is 2. The average molecular weight is 286 g/mol. The maximum Gasteiger partial charge on any atom is 0.177 e. The minimum absolute atomic E-state index is 0.108. The molecule has 1 unspecified atom stereocenters. The van der Waals surface area contributed by atoms with E-state index in [1.807, 2.05) is 38.2 Å². The van der Waals surface area contributed by atoms with Crippen molar-refractivity contribution in [3.05, 3.63) is 46.5 Å². The Morgan fingerprint density at radius 1 is 1.35 bits per heavy atom. The zero-order chi connectivity index (χ0) is 14.7. The Balaban J connectivity index is 2.51. The van der Waals surface area contributed by atoms with Crippen LogP contribution in [0.3, 0.4) is 0 Å². The molecule has 20 heavy (non-hydrogen) atoms. The molecule has 0 saturated carbocycles. The van der Waals surface area contributed by atoms with E-state index in [9.17, 15) is 0 Å². The normalized spacial score (nSPS) is 11.7. The molecular formula is C14H12ClN5. The van der Waals surface area contributed by atoms with E-state index in [0.29, 0.717) is 10.7 Å². The van der Waals surface area contributed by atoms with Crippen LogP contribution >= 0.6 is 11.6 Å². The van der Waals surface area contributed by atoms with Crippen LogP contribution in [0.4, 0.5) is 0 Å². The lowest BCUT2D eigenvalue weighted by Gasteiger charge is -2.14. The summed E-state index contributed by atoms with van der Waals surface area (Å²) in [5.41, 5.74) is 1.99. The zero-order valence-electron chi connectivity index (χ0n) is 11.1. The Bertz CT molecular complexity index is 720. The van der Waals surface area contributed by atoms with Crippen molar-refractivity contribution in [2.24, 2.45) is 0 Å². The third-order valence-corrected chi connectivity index (χ3v) is 3.47. The van der Waals surface area contributed by atoms with Crippen LogP contribution in [0.2, 0.25) is 5.02 Å². The smallest absolute Gasteiger partial charge is 0.177 e. The van der Waals surface area contributed by atoms with Crippen molar-refractivity contribution in [2.75, 3.05) is 7.05 Å². The van der Waals surface area contributed by atoms with Gasteiger partial charge in [0.1, 0.15) is 18.5 Å². The molecule has 1 atom stereocenters. The van der Waals surface area contributed by atoms with E-state index in [1.165, 1.54) is 6.33 Å². The number of nitrogens with one attached hydrogen (secondary N) is 1. The number of imidazole rings is 1. The van der Waals surface area contributed by atoms with Crippen molar-refractivity contribution >= 4 is 11.6 Å². The molecule has 0 radical (unpaired) electrons. The monoisotopic (exact) mass is 285 g/mol. The third kappa shape index (κ3) is 2.37. The van der Waals surface area contributed by atoms with Gasteiger partial charge in [-0.15, -0.1) is 0 Å². The van der Waals surface area contributed by atoms with E-state index in [0.717, 1.165) is 5.56 Å². The standard InChI is InChI=1S/C14H12ClN5/c1-9(18-2)11-4-3-10(5-12(11)15)20-8-19-13(6-16)14(20)7-17/h3-5,8-9,18H,1-2H3. The Morgan fingerprint density at radius 3 is 2.65 bits per heavy atom. The first-order valence-electron chi connectivity index (χ1n) is 5.97. The molecule has 0 aliphatic carbocycles. The van der Waals surface area contributed by atoms with Gasteiger partial charge in [-0.2, -0.15) is 10.5 Å². The molecule has 2 aromatic rings. The van der Waals surface area contributed by atoms with Crippen molar-refractivity contribution in [3.8, 4) is 17.8 Å². The third-order valence-electron chi connectivity index (χ3n) is 3.14. The minimum Gasteiger partial charge on any atom is -0.313 e. The van der Waals surface area contributed by atoms with Gasteiger partial charge >= 0.3 is 0 Å². The maximum atomic E-state index is 9.13. The molecular weight excluding hydrogens is 274 g/mol. The van der Waals surface area contributed by atoms with Gasteiger partial charge < -0.3 is 5.32 Å². The van der Waals surface area contributed by atoms with Crippen molar-refractivity contribution in [2.45, 2.75) is 13.0 Å². The van der Waals surface area contributed by atoms with Crippen molar-refractivity contribution in [3.63, 3.8) is 0 Å².